The van der Waals surface area contributed by atoms with E-state index in [-0.39, 0.29) is 49.5 Å². The summed E-state index contributed by atoms with van der Waals surface area (Å²) in [7, 11) is 0. The van der Waals surface area contributed by atoms with Gasteiger partial charge in [0.05, 0.1) is 12.5 Å². The molecule has 0 aliphatic heterocycles. The molecule has 51 heavy (non-hydrogen) atoms. The normalized spacial score (nSPS) is 14.1. The van der Waals surface area contributed by atoms with E-state index in [1.165, 1.54) is 0 Å². The highest BCUT2D eigenvalue weighted by molar-refractivity contribution is 5.96. The number of nitrogens with zero attached hydrogens (tertiary/aromatic N) is 2. The fraction of sp³-hybridized carbons (Fsp3) is 0.629. The molecule has 1 rings (SSSR count). The minimum absolute atomic E-state index is 0.000198. The Morgan fingerprint density at radius 3 is 1.65 bits per heavy atom. The largest absolute Gasteiger partial charge is 0.480 e. The molecule has 0 aliphatic carbocycles. The molecule has 0 bridgehead atoms. The van der Waals surface area contributed by atoms with Gasteiger partial charge in [0.2, 0.25) is 29.5 Å². The number of carboxylic acid groups (broad SMARTS) is 1. The molecule has 0 aliphatic rings. The number of carboxylic acids is 1. The average molecular weight is 718 g/mol. The molecule has 0 unspecified atom stereocenters. The van der Waals surface area contributed by atoms with Crippen molar-refractivity contribution in [1.29, 1.82) is 0 Å². The number of amides is 5. The monoisotopic (exact) mass is 717 g/mol. The molecule has 16 heteroatoms. The van der Waals surface area contributed by atoms with Crippen LogP contribution in [0.15, 0.2) is 35.3 Å². The molecule has 0 radical (unpaired) electrons. The molecule has 286 valence electrons. The number of hydrogen-bond donors (Lipinski definition) is 8. The Morgan fingerprint density at radius 2 is 1.20 bits per heavy atom. The van der Waals surface area contributed by atoms with Crippen LogP contribution in [0, 0.1) is 11.8 Å². The van der Waals surface area contributed by atoms with Crippen molar-refractivity contribution >= 4 is 41.5 Å². The van der Waals surface area contributed by atoms with Gasteiger partial charge in [0.25, 0.3) is 0 Å². The van der Waals surface area contributed by atoms with Crippen LogP contribution in [0.25, 0.3) is 0 Å². The first-order valence-electron chi connectivity index (χ1n) is 17.5. The van der Waals surface area contributed by atoms with Crippen molar-refractivity contribution in [1.82, 2.24) is 26.2 Å². The minimum atomic E-state index is -1.62. The van der Waals surface area contributed by atoms with Gasteiger partial charge in [-0.15, -0.1) is 0 Å². The first kappa shape index (κ1) is 44.3. The average Bonchev–Trinajstić information content (AvgIpc) is 3.04. The number of nitrogens with two attached hydrogens (primary N) is 3. The van der Waals surface area contributed by atoms with E-state index in [2.05, 4.69) is 26.3 Å². The van der Waals surface area contributed by atoms with E-state index in [1.807, 2.05) is 76.8 Å². The summed E-state index contributed by atoms with van der Waals surface area (Å²) in [5, 5.41) is 20.1. The predicted octanol–water partition coefficient (Wildman–Crippen LogP) is -0.0155. The summed E-state index contributed by atoms with van der Waals surface area (Å²) in [6.07, 6.45) is 0.501. The van der Waals surface area contributed by atoms with Gasteiger partial charge in [-0.25, -0.2) is 4.79 Å². The van der Waals surface area contributed by atoms with Crippen LogP contribution in [0.2, 0.25) is 0 Å². The Bertz CT molecular complexity index is 1320. The lowest BCUT2D eigenvalue weighted by atomic mass is 9.98. The first-order valence-corrected chi connectivity index (χ1v) is 17.5. The van der Waals surface area contributed by atoms with Crippen molar-refractivity contribution in [3.63, 3.8) is 0 Å². The van der Waals surface area contributed by atoms with Crippen molar-refractivity contribution in [2.24, 2.45) is 34.0 Å². The van der Waals surface area contributed by atoms with Crippen molar-refractivity contribution in [3.8, 4) is 0 Å². The van der Waals surface area contributed by atoms with E-state index < -0.39 is 66.2 Å². The highest BCUT2D eigenvalue weighted by atomic mass is 16.4. The Kier molecular flexibility index (Phi) is 19.9. The molecule has 16 nitrogen and oxygen atoms in total. The third-order valence-electron chi connectivity index (χ3n) is 8.11. The maximum Gasteiger partial charge on any atom is 0.326 e. The third-order valence-corrected chi connectivity index (χ3v) is 8.11. The Balaban J connectivity index is 3.31. The molecule has 1 aromatic rings. The quantitative estimate of drug-likeness (QED) is 0.0403. The van der Waals surface area contributed by atoms with Gasteiger partial charge in [0, 0.05) is 6.54 Å². The fourth-order valence-electron chi connectivity index (χ4n) is 5.55. The van der Waals surface area contributed by atoms with E-state index in [0.717, 1.165) is 5.56 Å². The predicted molar refractivity (Wildman–Crippen MR) is 195 cm³/mol. The second-order valence-electron chi connectivity index (χ2n) is 13.4. The Hall–Kier alpha value is -4.73. The zero-order valence-corrected chi connectivity index (χ0v) is 30.8. The fourth-order valence-corrected chi connectivity index (χ4v) is 5.55. The van der Waals surface area contributed by atoms with Gasteiger partial charge in [0.1, 0.15) is 24.2 Å². The molecule has 5 amide bonds. The molecule has 0 saturated heterocycles. The summed E-state index contributed by atoms with van der Waals surface area (Å²) < 4.78 is 0. The van der Waals surface area contributed by atoms with Crippen LogP contribution in [0.3, 0.4) is 0 Å². The number of carbonyl (C=O) groups is 6. The molecule has 0 aromatic heterocycles. The molecule has 0 spiro atoms. The van der Waals surface area contributed by atoms with Crippen LogP contribution in [0.4, 0.5) is 0 Å². The zero-order valence-electron chi connectivity index (χ0n) is 30.8. The third kappa shape index (κ3) is 17.2. The molecule has 1 aromatic carbocycles. The van der Waals surface area contributed by atoms with Crippen LogP contribution in [0.5, 0.6) is 0 Å². The number of rotatable bonds is 24. The second-order valence-corrected chi connectivity index (χ2v) is 13.4. The number of guanidine groups is 1. The van der Waals surface area contributed by atoms with Gasteiger partial charge < -0.3 is 43.6 Å². The summed E-state index contributed by atoms with van der Waals surface area (Å²) >= 11 is 0. The van der Waals surface area contributed by atoms with Crippen LogP contribution in [-0.2, 0) is 35.2 Å². The van der Waals surface area contributed by atoms with Gasteiger partial charge in [0.15, 0.2) is 5.96 Å². The molecule has 11 N–H and O–H groups in total. The highest BCUT2D eigenvalue weighted by Gasteiger charge is 2.34. The van der Waals surface area contributed by atoms with Gasteiger partial charge in [-0.1, -0.05) is 71.9 Å². The number of benzene rings is 1. The maximum atomic E-state index is 13.9. The van der Waals surface area contributed by atoms with Crippen LogP contribution < -0.4 is 38.5 Å². The smallest absolute Gasteiger partial charge is 0.326 e. The van der Waals surface area contributed by atoms with Gasteiger partial charge in [-0.05, 0) is 62.6 Å². The summed E-state index contributed by atoms with van der Waals surface area (Å²) in [4.78, 5) is 83.7. The van der Waals surface area contributed by atoms with Gasteiger partial charge >= 0.3 is 5.97 Å². The summed E-state index contributed by atoms with van der Waals surface area (Å²) in [6, 6.07) is 4.11. The lowest BCUT2D eigenvalue weighted by molar-refractivity contribution is -0.143. The number of carbonyl (C=O) groups excluding carboxylic acids is 5. The maximum absolute atomic E-state index is 13.9. The van der Waals surface area contributed by atoms with E-state index in [1.54, 1.807) is 0 Å². The molecule has 5 atom stereocenters. The molecule has 0 fully saturated rings. The Labute approximate surface area is 301 Å². The van der Waals surface area contributed by atoms with E-state index >= 15 is 0 Å². The van der Waals surface area contributed by atoms with Gasteiger partial charge in [-0.2, -0.15) is 0 Å². The molecular weight excluding hydrogens is 658 g/mol. The number of aliphatic carboxylic acids is 1. The first-order chi connectivity index (χ1) is 24.0. The van der Waals surface area contributed by atoms with E-state index in [9.17, 15) is 33.9 Å². The van der Waals surface area contributed by atoms with Crippen molar-refractivity contribution in [3.05, 3.63) is 35.9 Å². The SMILES string of the molecule is CCN(CC)[C@@H](Cc1ccccc1)C(=O)N[C@@H](CC(C)C)C(=O)N[C@@H](CC(C)C)C(=O)N[C@@H](CCCN=C(N)N)C(=O)N[C@@H](CC(N)=O)C(=O)O. The summed E-state index contributed by atoms with van der Waals surface area (Å²) in [5.41, 5.74) is 16.9. The van der Waals surface area contributed by atoms with Crippen molar-refractivity contribution in [2.75, 3.05) is 19.6 Å². The minimum Gasteiger partial charge on any atom is -0.480 e. The van der Waals surface area contributed by atoms with Crippen molar-refractivity contribution < 1.29 is 33.9 Å². The van der Waals surface area contributed by atoms with E-state index in [4.69, 9.17) is 17.2 Å². The zero-order chi connectivity index (χ0) is 38.7. The summed E-state index contributed by atoms with van der Waals surface area (Å²) in [6.45, 7) is 12.9. The number of primary amides is 1. The van der Waals surface area contributed by atoms with Gasteiger partial charge in [-0.3, -0.25) is 33.9 Å². The van der Waals surface area contributed by atoms with Crippen LogP contribution >= 0.6 is 0 Å². The highest BCUT2D eigenvalue weighted by Crippen LogP contribution is 2.14. The topological polar surface area (TPSA) is 264 Å². The number of hydrogen-bond acceptors (Lipinski definition) is 8. The number of likely N-dealkylation sites (N-methyl/N-ethyl adjacent to an activating group) is 1. The molecule has 0 heterocycles. The van der Waals surface area contributed by atoms with E-state index in [0.29, 0.717) is 25.9 Å². The number of nitrogens with one attached hydrogen (secondary N) is 4. The summed E-state index contributed by atoms with van der Waals surface area (Å²) in [5.74, 6) is -5.09. The Morgan fingerprint density at radius 1 is 0.725 bits per heavy atom. The molecule has 0 saturated carbocycles. The lowest BCUT2D eigenvalue weighted by Gasteiger charge is -2.31. The van der Waals surface area contributed by atoms with Crippen LogP contribution in [-0.4, -0.2) is 101 Å². The molecular formula is C35H59N9O7. The van der Waals surface area contributed by atoms with Crippen molar-refractivity contribution in [2.45, 2.75) is 110 Å². The second kappa shape index (κ2) is 22.9. The van der Waals surface area contributed by atoms with Crippen LogP contribution in [0.1, 0.15) is 79.2 Å². The lowest BCUT2D eigenvalue weighted by Crippen LogP contribution is -2.59. The number of aliphatic imine (C=N–C) groups is 1. The standard InChI is InChI=1S/C35H59N9O7/c1-7-44(8-2)28(19-23-13-10-9-11-14-23)33(49)42-26(18-22(5)6)32(48)41-25(17-21(3)4)31(47)40-24(15-12-16-39-35(37)38)30(46)43-27(34(50)51)20-29(36)45/h9-11,13-14,21-22,24-28H,7-8,12,15-20H2,1-6H3,(H2,36,45)(H,40,47)(H,41,48)(H,42,49)(H,43,46)(H,50,51)(H4,37,38,39)/t24-,25-,26-,27-,28-/m0/s1.